The van der Waals surface area contributed by atoms with Gasteiger partial charge in [0.25, 0.3) is 11.8 Å². The van der Waals surface area contributed by atoms with E-state index in [4.69, 9.17) is 9.25 Å². The molecule has 0 fully saturated rings. The van der Waals surface area contributed by atoms with Gasteiger partial charge in [0.15, 0.2) is 0 Å². The molecule has 2 aromatic carbocycles. The zero-order valence-electron chi connectivity index (χ0n) is 14.4. The number of fused-ring (bicyclic) bond motifs is 1. The maximum atomic E-state index is 12.6. The van der Waals surface area contributed by atoms with E-state index in [0.29, 0.717) is 10.6 Å². The van der Waals surface area contributed by atoms with Crippen molar-refractivity contribution in [1.82, 2.24) is 5.06 Å². The Balaban J connectivity index is 1.51. The predicted octanol–water partition coefficient (Wildman–Crippen LogP) is 4.33. The van der Waals surface area contributed by atoms with Crippen LogP contribution in [-0.2, 0) is 11.0 Å². The average molecular weight is 401 g/mol. The molecule has 1 aromatic heterocycles. The van der Waals surface area contributed by atoms with Crippen LogP contribution in [0, 0.1) is 0 Å². The van der Waals surface area contributed by atoms with Gasteiger partial charge in [-0.2, -0.15) is 13.2 Å². The lowest BCUT2D eigenvalue weighted by Crippen LogP contribution is -2.32. The normalized spacial score (nSPS) is 13.6. The molecule has 0 bridgehead atoms. The number of carbonyl (C=O) groups is 3. The van der Waals surface area contributed by atoms with E-state index >= 15 is 0 Å². The molecule has 1 aliphatic heterocycles. The first-order chi connectivity index (χ1) is 13.8. The molecule has 2 heterocycles. The molecular weight excluding hydrogens is 391 g/mol. The Labute approximate surface area is 161 Å². The zero-order valence-corrected chi connectivity index (χ0v) is 14.4. The van der Waals surface area contributed by atoms with E-state index < -0.39 is 29.5 Å². The summed E-state index contributed by atoms with van der Waals surface area (Å²) in [6.45, 7) is 0. The number of hydrogen-bond acceptors (Lipinski definition) is 5. The number of imide groups is 1. The van der Waals surface area contributed by atoms with Gasteiger partial charge in [-0.05, 0) is 36.4 Å². The molecule has 3 aromatic rings. The first-order valence-electron chi connectivity index (χ1n) is 8.23. The highest BCUT2D eigenvalue weighted by Gasteiger charge is 2.39. The molecule has 0 aliphatic carbocycles. The number of hydrogen-bond donors (Lipinski definition) is 0. The van der Waals surface area contributed by atoms with Crippen LogP contribution in [0.3, 0.4) is 0 Å². The molecule has 4 rings (SSSR count). The highest BCUT2D eigenvalue weighted by molar-refractivity contribution is 6.21. The Kier molecular flexibility index (Phi) is 4.22. The second kappa shape index (κ2) is 6.62. The van der Waals surface area contributed by atoms with Crippen molar-refractivity contribution in [2.75, 3.05) is 0 Å². The number of amides is 2. The minimum atomic E-state index is -4.47. The maximum absolute atomic E-state index is 12.6. The van der Waals surface area contributed by atoms with E-state index in [1.165, 1.54) is 36.4 Å². The molecule has 2 amide bonds. The molecule has 146 valence electrons. The highest BCUT2D eigenvalue weighted by atomic mass is 19.4. The SMILES string of the molecule is O=C(ON1C(=O)c2ccccc2C1=O)c1ccc(-c2ccc(C(F)(F)F)cc2)o1. The van der Waals surface area contributed by atoms with Crippen LogP contribution in [0.2, 0.25) is 0 Å². The van der Waals surface area contributed by atoms with Gasteiger partial charge < -0.3 is 9.25 Å². The smallest absolute Gasteiger partial charge is 0.416 e. The highest BCUT2D eigenvalue weighted by Crippen LogP contribution is 2.31. The molecule has 0 N–H and O–H groups in total. The topological polar surface area (TPSA) is 76.8 Å². The minimum absolute atomic E-state index is 0.107. The second-order valence-electron chi connectivity index (χ2n) is 6.07. The van der Waals surface area contributed by atoms with Crippen molar-refractivity contribution in [1.29, 1.82) is 0 Å². The summed E-state index contributed by atoms with van der Waals surface area (Å²) >= 11 is 0. The molecule has 29 heavy (non-hydrogen) atoms. The van der Waals surface area contributed by atoms with Gasteiger partial charge in [0.2, 0.25) is 5.76 Å². The molecule has 0 saturated carbocycles. The summed E-state index contributed by atoms with van der Waals surface area (Å²) < 4.78 is 43.2. The van der Waals surface area contributed by atoms with Crippen LogP contribution >= 0.6 is 0 Å². The number of halogens is 3. The maximum Gasteiger partial charge on any atom is 0.416 e. The van der Waals surface area contributed by atoms with Crippen LogP contribution in [0.15, 0.2) is 65.1 Å². The van der Waals surface area contributed by atoms with Gasteiger partial charge in [0.05, 0.1) is 16.7 Å². The van der Waals surface area contributed by atoms with Crippen LogP contribution in [0.5, 0.6) is 0 Å². The summed E-state index contributed by atoms with van der Waals surface area (Å²) in [6, 6.07) is 12.7. The van der Waals surface area contributed by atoms with Gasteiger partial charge in [-0.15, -0.1) is 0 Å². The van der Waals surface area contributed by atoms with E-state index in [9.17, 15) is 27.6 Å². The Morgan fingerprint density at radius 3 is 2.00 bits per heavy atom. The van der Waals surface area contributed by atoms with Gasteiger partial charge >= 0.3 is 12.1 Å². The van der Waals surface area contributed by atoms with Crippen LogP contribution < -0.4 is 0 Å². The van der Waals surface area contributed by atoms with E-state index in [1.807, 2.05) is 0 Å². The van der Waals surface area contributed by atoms with E-state index in [2.05, 4.69) is 0 Å². The minimum Gasteiger partial charge on any atom is -0.449 e. The van der Waals surface area contributed by atoms with Crippen LogP contribution in [0.25, 0.3) is 11.3 Å². The van der Waals surface area contributed by atoms with Gasteiger partial charge in [-0.3, -0.25) is 9.59 Å². The van der Waals surface area contributed by atoms with Crippen LogP contribution in [-0.4, -0.2) is 22.8 Å². The van der Waals surface area contributed by atoms with Crippen molar-refractivity contribution in [2.45, 2.75) is 6.18 Å². The van der Waals surface area contributed by atoms with Crippen LogP contribution in [0.4, 0.5) is 13.2 Å². The lowest BCUT2D eigenvalue weighted by atomic mass is 10.1. The first kappa shape index (κ1) is 18.5. The van der Waals surface area contributed by atoms with Gasteiger partial charge in [0, 0.05) is 5.56 Å². The quantitative estimate of drug-likeness (QED) is 0.611. The van der Waals surface area contributed by atoms with Crippen molar-refractivity contribution < 1.29 is 36.8 Å². The summed E-state index contributed by atoms with van der Waals surface area (Å²) in [6.07, 6.45) is -4.47. The first-order valence-corrected chi connectivity index (χ1v) is 8.23. The predicted molar refractivity (Wildman–Crippen MR) is 91.5 cm³/mol. The fourth-order valence-electron chi connectivity index (χ4n) is 2.80. The summed E-state index contributed by atoms with van der Waals surface area (Å²) in [5, 5.41) is 0.341. The van der Waals surface area contributed by atoms with E-state index in [0.717, 1.165) is 12.1 Å². The van der Waals surface area contributed by atoms with Crippen molar-refractivity contribution in [3.63, 3.8) is 0 Å². The Morgan fingerprint density at radius 1 is 0.862 bits per heavy atom. The summed E-state index contributed by atoms with van der Waals surface area (Å²) in [5.41, 5.74) is -0.304. The molecule has 1 aliphatic rings. The number of alkyl halides is 3. The van der Waals surface area contributed by atoms with Crippen molar-refractivity contribution in [2.24, 2.45) is 0 Å². The van der Waals surface area contributed by atoms with Gasteiger partial charge in [-0.1, -0.05) is 29.3 Å². The number of benzene rings is 2. The van der Waals surface area contributed by atoms with Crippen molar-refractivity contribution >= 4 is 17.8 Å². The molecule has 0 spiro atoms. The summed E-state index contributed by atoms with van der Waals surface area (Å²) in [7, 11) is 0. The average Bonchev–Trinajstić information content (AvgIpc) is 3.28. The molecule has 0 unspecified atom stereocenters. The van der Waals surface area contributed by atoms with Gasteiger partial charge in [-0.25, -0.2) is 4.79 Å². The Bertz CT molecular complexity index is 1100. The third-order valence-corrected chi connectivity index (χ3v) is 4.23. The molecule has 0 saturated heterocycles. The number of nitrogens with zero attached hydrogens (tertiary/aromatic N) is 1. The fourth-order valence-corrected chi connectivity index (χ4v) is 2.80. The Morgan fingerprint density at radius 2 is 1.45 bits per heavy atom. The van der Waals surface area contributed by atoms with E-state index in [-0.39, 0.29) is 22.6 Å². The largest absolute Gasteiger partial charge is 0.449 e. The molecule has 9 heteroatoms. The van der Waals surface area contributed by atoms with Crippen molar-refractivity contribution in [3.05, 3.63) is 83.1 Å². The lowest BCUT2D eigenvalue weighted by Gasteiger charge is -2.11. The lowest BCUT2D eigenvalue weighted by molar-refractivity contribution is -0.137. The Hall–Kier alpha value is -3.88. The van der Waals surface area contributed by atoms with E-state index in [1.54, 1.807) is 12.1 Å². The number of hydroxylamine groups is 2. The summed E-state index contributed by atoms with van der Waals surface area (Å²) in [5.74, 6) is -2.87. The molecular formula is C20H10F3NO5. The standard InChI is InChI=1S/C20H10F3NO5/c21-20(22,23)12-7-5-11(6-8-12)15-9-10-16(28-15)19(27)29-24-17(25)13-3-1-2-4-14(13)18(24)26/h1-10H. The number of furan rings is 1. The fraction of sp³-hybridized carbons (Fsp3) is 0.0500. The van der Waals surface area contributed by atoms with Gasteiger partial charge in [0.1, 0.15) is 5.76 Å². The molecule has 0 atom stereocenters. The monoisotopic (exact) mass is 401 g/mol. The zero-order chi connectivity index (χ0) is 20.8. The molecule has 6 nitrogen and oxygen atoms in total. The third-order valence-electron chi connectivity index (χ3n) is 4.23. The number of rotatable bonds is 3. The summed E-state index contributed by atoms with van der Waals surface area (Å²) in [4.78, 5) is 41.6. The van der Waals surface area contributed by atoms with Crippen molar-refractivity contribution in [3.8, 4) is 11.3 Å². The number of carbonyl (C=O) groups excluding carboxylic acids is 3. The van der Waals surface area contributed by atoms with Crippen LogP contribution in [0.1, 0.15) is 36.8 Å². The molecule has 0 radical (unpaired) electrons. The third kappa shape index (κ3) is 3.27. The second-order valence-corrected chi connectivity index (χ2v) is 6.07.